The van der Waals surface area contributed by atoms with Gasteiger partial charge in [-0.3, -0.25) is 0 Å². The van der Waals surface area contributed by atoms with Crippen molar-refractivity contribution in [2.24, 2.45) is 0 Å². The average molecular weight is 224 g/mol. The van der Waals surface area contributed by atoms with Gasteiger partial charge in [-0.1, -0.05) is 12.1 Å². The van der Waals surface area contributed by atoms with Crippen molar-refractivity contribution >= 4 is 15.4 Å². The molecule has 1 aliphatic rings. The van der Waals surface area contributed by atoms with Gasteiger partial charge in [0.05, 0.1) is 11.5 Å². The van der Waals surface area contributed by atoms with Crippen LogP contribution in [-0.4, -0.2) is 22.1 Å². The maximum atomic E-state index is 11.8. The summed E-state index contributed by atoms with van der Waals surface area (Å²) in [5.41, 5.74) is 2.52. The zero-order valence-electron chi connectivity index (χ0n) is 8.65. The largest absolute Gasteiger partial charge is 0.380 e. The molecule has 1 aliphatic heterocycles. The molecular formula is C11H12O3S. The quantitative estimate of drug-likeness (QED) is 0.769. The van der Waals surface area contributed by atoms with E-state index in [9.17, 15) is 8.42 Å². The SMILES string of the molecule is COCC1=CS(=O)(=O)c2cccc(C)c21. The van der Waals surface area contributed by atoms with E-state index in [4.69, 9.17) is 4.74 Å². The van der Waals surface area contributed by atoms with E-state index in [-0.39, 0.29) is 0 Å². The van der Waals surface area contributed by atoms with Crippen molar-refractivity contribution in [3.05, 3.63) is 34.7 Å². The molecule has 0 fully saturated rings. The van der Waals surface area contributed by atoms with Crippen LogP contribution in [0.15, 0.2) is 28.5 Å². The second-order valence-electron chi connectivity index (χ2n) is 3.57. The van der Waals surface area contributed by atoms with Gasteiger partial charge in [0, 0.05) is 18.1 Å². The lowest BCUT2D eigenvalue weighted by atomic mass is 10.0. The van der Waals surface area contributed by atoms with Gasteiger partial charge in [-0.2, -0.15) is 0 Å². The van der Waals surface area contributed by atoms with Crippen LogP contribution in [0.4, 0.5) is 0 Å². The molecule has 0 radical (unpaired) electrons. The highest BCUT2D eigenvalue weighted by atomic mass is 32.2. The van der Waals surface area contributed by atoms with Crippen LogP contribution >= 0.6 is 0 Å². The van der Waals surface area contributed by atoms with E-state index in [0.29, 0.717) is 11.5 Å². The van der Waals surface area contributed by atoms with E-state index >= 15 is 0 Å². The topological polar surface area (TPSA) is 43.4 Å². The summed E-state index contributed by atoms with van der Waals surface area (Å²) in [4.78, 5) is 0.398. The molecule has 0 bridgehead atoms. The Morgan fingerprint density at radius 3 is 2.73 bits per heavy atom. The summed E-state index contributed by atoms with van der Waals surface area (Å²) >= 11 is 0. The Labute approximate surface area is 89.3 Å². The fourth-order valence-corrected chi connectivity index (χ4v) is 3.39. The number of sulfone groups is 1. The van der Waals surface area contributed by atoms with Crippen LogP contribution in [0.3, 0.4) is 0 Å². The van der Waals surface area contributed by atoms with Crippen molar-refractivity contribution in [1.29, 1.82) is 0 Å². The Balaban J connectivity index is 2.69. The normalized spacial score (nSPS) is 17.3. The fourth-order valence-electron chi connectivity index (χ4n) is 1.86. The van der Waals surface area contributed by atoms with Crippen molar-refractivity contribution in [3.8, 4) is 0 Å². The molecule has 0 atom stereocenters. The smallest absolute Gasteiger partial charge is 0.200 e. The number of rotatable bonds is 2. The maximum Gasteiger partial charge on any atom is 0.200 e. The number of fused-ring (bicyclic) bond motifs is 1. The van der Waals surface area contributed by atoms with E-state index in [1.807, 2.05) is 13.0 Å². The molecule has 0 N–H and O–H groups in total. The Kier molecular flexibility index (Phi) is 2.40. The molecule has 0 amide bonds. The van der Waals surface area contributed by atoms with Gasteiger partial charge >= 0.3 is 0 Å². The van der Waals surface area contributed by atoms with Crippen LogP contribution in [0, 0.1) is 6.92 Å². The van der Waals surface area contributed by atoms with Crippen molar-refractivity contribution in [3.63, 3.8) is 0 Å². The molecule has 2 rings (SSSR count). The number of benzene rings is 1. The molecule has 3 nitrogen and oxygen atoms in total. The molecule has 1 aromatic rings. The van der Waals surface area contributed by atoms with Gasteiger partial charge in [0.2, 0.25) is 9.84 Å². The summed E-state index contributed by atoms with van der Waals surface area (Å²) in [6, 6.07) is 5.30. The molecule has 15 heavy (non-hydrogen) atoms. The highest BCUT2D eigenvalue weighted by molar-refractivity contribution is 7.95. The molecule has 4 heteroatoms. The maximum absolute atomic E-state index is 11.8. The van der Waals surface area contributed by atoms with Gasteiger partial charge in [-0.05, 0) is 24.1 Å². The van der Waals surface area contributed by atoms with Crippen molar-refractivity contribution < 1.29 is 13.2 Å². The second kappa shape index (κ2) is 3.47. The van der Waals surface area contributed by atoms with Crippen LogP contribution in [0.2, 0.25) is 0 Å². The second-order valence-corrected chi connectivity index (χ2v) is 5.33. The van der Waals surface area contributed by atoms with Crippen LogP contribution in [0.25, 0.3) is 5.57 Å². The Morgan fingerprint density at radius 1 is 1.33 bits per heavy atom. The summed E-state index contributed by atoms with van der Waals surface area (Å²) in [6.45, 7) is 2.24. The number of methoxy groups -OCH3 is 1. The number of ether oxygens (including phenoxy) is 1. The first-order valence-corrected chi connectivity index (χ1v) is 6.15. The third-order valence-corrected chi connectivity index (χ3v) is 4.01. The minimum absolute atomic E-state index is 0.330. The van der Waals surface area contributed by atoms with Gasteiger partial charge in [-0.25, -0.2) is 8.42 Å². The lowest BCUT2D eigenvalue weighted by Gasteiger charge is -2.06. The predicted octanol–water partition coefficient (Wildman–Crippen LogP) is 1.77. The highest BCUT2D eigenvalue weighted by Crippen LogP contribution is 2.35. The van der Waals surface area contributed by atoms with E-state index < -0.39 is 9.84 Å². The Hall–Kier alpha value is -1.13. The Morgan fingerprint density at radius 2 is 2.07 bits per heavy atom. The van der Waals surface area contributed by atoms with Crippen LogP contribution in [0.5, 0.6) is 0 Å². The first-order valence-electron chi connectivity index (χ1n) is 4.61. The molecule has 80 valence electrons. The summed E-state index contributed by atoms with van der Waals surface area (Å²) in [7, 11) is -1.68. The highest BCUT2D eigenvalue weighted by Gasteiger charge is 2.27. The third kappa shape index (κ3) is 1.60. The number of hydrogen-bond donors (Lipinski definition) is 0. The predicted molar refractivity (Wildman–Crippen MR) is 58.2 cm³/mol. The van der Waals surface area contributed by atoms with Gasteiger partial charge in [0.1, 0.15) is 0 Å². The van der Waals surface area contributed by atoms with E-state index in [2.05, 4.69) is 0 Å². The minimum atomic E-state index is -3.24. The molecule has 1 heterocycles. The average Bonchev–Trinajstić information content (AvgIpc) is 2.41. The minimum Gasteiger partial charge on any atom is -0.380 e. The van der Waals surface area contributed by atoms with E-state index in [0.717, 1.165) is 16.7 Å². The molecule has 0 aromatic heterocycles. The lowest BCUT2D eigenvalue weighted by Crippen LogP contribution is -1.96. The van der Waals surface area contributed by atoms with Gasteiger partial charge in [-0.15, -0.1) is 0 Å². The fraction of sp³-hybridized carbons (Fsp3) is 0.273. The lowest BCUT2D eigenvalue weighted by molar-refractivity contribution is 0.239. The molecule has 0 saturated carbocycles. The number of aryl methyl sites for hydroxylation is 1. The first-order chi connectivity index (χ1) is 7.06. The van der Waals surface area contributed by atoms with E-state index in [1.165, 1.54) is 5.41 Å². The molecule has 0 spiro atoms. The monoisotopic (exact) mass is 224 g/mol. The molecular weight excluding hydrogens is 212 g/mol. The first kappa shape index (κ1) is 10.4. The van der Waals surface area contributed by atoms with Crippen LogP contribution in [-0.2, 0) is 14.6 Å². The van der Waals surface area contributed by atoms with Crippen LogP contribution < -0.4 is 0 Å². The van der Waals surface area contributed by atoms with Crippen molar-refractivity contribution in [2.75, 3.05) is 13.7 Å². The van der Waals surface area contributed by atoms with Crippen LogP contribution in [0.1, 0.15) is 11.1 Å². The Bertz CT molecular complexity index is 527. The standard InChI is InChI=1S/C11H12O3S/c1-8-4-3-5-10-11(8)9(6-14-2)7-15(10,12)13/h3-5,7H,6H2,1-2H3. The van der Waals surface area contributed by atoms with Gasteiger partial charge in [0.25, 0.3) is 0 Å². The third-order valence-electron chi connectivity index (χ3n) is 2.46. The molecule has 0 saturated heterocycles. The zero-order valence-corrected chi connectivity index (χ0v) is 9.47. The molecule has 1 aromatic carbocycles. The summed E-state index contributed by atoms with van der Waals surface area (Å²) in [5.74, 6) is 0. The van der Waals surface area contributed by atoms with Gasteiger partial charge < -0.3 is 4.74 Å². The van der Waals surface area contributed by atoms with Crippen molar-refractivity contribution in [1.82, 2.24) is 0 Å². The van der Waals surface area contributed by atoms with Crippen molar-refractivity contribution in [2.45, 2.75) is 11.8 Å². The summed E-state index contributed by atoms with van der Waals surface area (Å²) in [5, 5.41) is 1.30. The zero-order chi connectivity index (χ0) is 11.1. The summed E-state index contributed by atoms with van der Waals surface area (Å²) < 4.78 is 28.5. The molecule has 0 unspecified atom stereocenters. The van der Waals surface area contributed by atoms with E-state index in [1.54, 1.807) is 19.2 Å². The van der Waals surface area contributed by atoms with Gasteiger partial charge in [0.15, 0.2) is 0 Å². The molecule has 0 aliphatic carbocycles. The summed E-state index contributed by atoms with van der Waals surface area (Å²) in [6.07, 6.45) is 0. The number of hydrogen-bond acceptors (Lipinski definition) is 3.